The molecule has 188 valence electrons. The van der Waals surface area contributed by atoms with Crippen molar-refractivity contribution >= 4 is 36.8 Å². The first kappa shape index (κ1) is 32.7. The highest BCUT2D eigenvalue weighted by atomic mass is 32.1. The predicted octanol–water partition coefficient (Wildman–Crippen LogP) is 2.10. The second kappa shape index (κ2) is 22.8. The summed E-state index contributed by atoms with van der Waals surface area (Å²) in [7, 11) is 3.07. The molecule has 0 aromatic heterocycles. The van der Waals surface area contributed by atoms with Gasteiger partial charge in [-0.05, 0) is 38.3 Å². The lowest BCUT2D eigenvalue weighted by Crippen LogP contribution is -2.29. The van der Waals surface area contributed by atoms with Crippen LogP contribution in [0.5, 0.6) is 0 Å². The van der Waals surface area contributed by atoms with Crippen LogP contribution in [0.4, 0.5) is 0 Å². The number of nitrogens with one attached hydrogen (secondary N) is 1. The molecule has 2 unspecified atom stereocenters. The molecule has 0 aliphatic carbocycles. The van der Waals surface area contributed by atoms with Crippen molar-refractivity contribution in [3.8, 4) is 0 Å². The SMILES string of the molecule is CC(=O)OCC=O.CNC(CCCOC(C)=O)CCC(O)C(=O)OC.SCc1ccccc1. The van der Waals surface area contributed by atoms with Crippen molar-refractivity contribution in [2.75, 3.05) is 27.4 Å². The zero-order valence-corrected chi connectivity index (χ0v) is 20.7. The molecule has 0 radical (unpaired) electrons. The second-order valence-electron chi connectivity index (χ2n) is 6.70. The summed E-state index contributed by atoms with van der Waals surface area (Å²) in [5.74, 6) is -0.477. The molecule has 0 fully saturated rings. The van der Waals surface area contributed by atoms with E-state index in [4.69, 9.17) is 4.74 Å². The van der Waals surface area contributed by atoms with Crippen molar-refractivity contribution in [2.24, 2.45) is 0 Å². The highest BCUT2D eigenvalue weighted by Crippen LogP contribution is 2.08. The van der Waals surface area contributed by atoms with E-state index < -0.39 is 18.0 Å². The van der Waals surface area contributed by atoms with Crippen LogP contribution in [0.15, 0.2) is 30.3 Å². The molecular weight excluding hydrogens is 450 g/mol. The van der Waals surface area contributed by atoms with E-state index in [0.29, 0.717) is 25.7 Å². The molecule has 0 heterocycles. The first-order valence-electron chi connectivity index (χ1n) is 10.5. The maximum Gasteiger partial charge on any atom is 0.334 e. The van der Waals surface area contributed by atoms with E-state index in [-0.39, 0.29) is 18.6 Å². The summed E-state index contributed by atoms with van der Waals surface area (Å²) in [4.78, 5) is 40.8. The number of hydrogen-bond acceptors (Lipinski definition) is 10. The third-order valence-corrected chi connectivity index (χ3v) is 4.42. The zero-order chi connectivity index (χ0) is 25.5. The summed E-state index contributed by atoms with van der Waals surface area (Å²) < 4.78 is 13.4. The number of thiol groups is 1. The number of rotatable bonds is 12. The van der Waals surface area contributed by atoms with Gasteiger partial charge >= 0.3 is 17.9 Å². The van der Waals surface area contributed by atoms with Gasteiger partial charge in [0, 0.05) is 25.6 Å². The van der Waals surface area contributed by atoms with Gasteiger partial charge in [-0.15, -0.1) is 0 Å². The van der Waals surface area contributed by atoms with Gasteiger partial charge in [0.15, 0.2) is 12.4 Å². The Labute approximate surface area is 201 Å². The minimum Gasteiger partial charge on any atom is -0.467 e. The van der Waals surface area contributed by atoms with Crippen LogP contribution in [0.1, 0.15) is 45.1 Å². The smallest absolute Gasteiger partial charge is 0.334 e. The van der Waals surface area contributed by atoms with Crippen molar-refractivity contribution < 1.29 is 38.5 Å². The third kappa shape index (κ3) is 22.6. The maximum absolute atomic E-state index is 11.0. The van der Waals surface area contributed by atoms with Gasteiger partial charge in [-0.25, -0.2) is 4.79 Å². The second-order valence-corrected chi connectivity index (χ2v) is 7.01. The average Bonchev–Trinajstić information content (AvgIpc) is 2.82. The quantitative estimate of drug-likeness (QED) is 0.133. The Morgan fingerprint density at radius 3 is 2.06 bits per heavy atom. The summed E-state index contributed by atoms with van der Waals surface area (Å²) in [6.45, 7) is 2.90. The first-order valence-corrected chi connectivity index (χ1v) is 11.1. The van der Waals surface area contributed by atoms with Crippen LogP contribution < -0.4 is 5.32 Å². The van der Waals surface area contributed by atoms with Crippen LogP contribution in [0, 0.1) is 0 Å². The number of carbonyl (C=O) groups excluding carboxylic acids is 4. The Bertz CT molecular complexity index is 657. The molecule has 1 aromatic rings. The molecule has 0 spiro atoms. The largest absolute Gasteiger partial charge is 0.467 e. The number of benzene rings is 1. The minimum atomic E-state index is -1.07. The lowest BCUT2D eigenvalue weighted by Gasteiger charge is -2.17. The van der Waals surface area contributed by atoms with Gasteiger partial charge in [0.1, 0.15) is 6.61 Å². The molecule has 0 saturated carbocycles. The number of esters is 3. The highest BCUT2D eigenvalue weighted by Gasteiger charge is 2.17. The van der Waals surface area contributed by atoms with Gasteiger partial charge in [-0.3, -0.25) is 14.4 Å². The van der Waals surface area contributed by atoms with E-state index in [2.05, 4.69) is 39.6 Å². The Hall–Kier alpha value is -2.43. The van der Waals surface area contributed by atoms with Crippen LogP contribution in [0.25, 0.3) is 0 Å². The fourth-order valence-electron chi connectivity index (χ4n) is 2.33. The summed E-state index contributed by atoms with van der Waals surface area (Å²) in [6.07, 6.45) is 2.04. The molecule has 9 nitrogen and oxygen atoms in total. The molecular formula is C23H37NO8S. The lowest BCUT2D eigenvalue weighted by atomic mass is 10.0. The number of carbonyl (C=O) groups is 4. The van der Waals surface area contributed by atoms with Crippen LogP contribution in [-0.2, 0) is 39.1 Å². The molecule has 1 aromatic carbocycles. The van der Waals surface area contributed by atoms with E-state index in [9.17, 15) is 24.3 Å². The predicted molar refractivity (Wildman–Crippen MR) is 128 cm³/mol. The Kier molecular flexibility index (Phi) is 22.6. The fourth-order valence-corrected chi connectivity index (χ4v) is 2.54. The zero-order valence-electron chi connectivity index (χ0n) is 19.8. The molecule has 0 amide bonds. The van der Waals surface area contributed by atoms with E-state index in [1.807, 2.05) is 25.2 Å². The van der Waals surface area contributed by atoms with Crippen molar-refractivity contribution in [1.29, 1.82) is 0 Å². The molecule has 0 aliphatic heterocycles. The standard InChI is InChI=1S/C12H23NO5.C7H8S.C4H6O3/c1-9(14)18-8-4-5-10(13-2)6-7-11(15)12(16)17-3;8-6-7-4-2-1-3-5-7;1-4(6)7-3-2-5/h10-11,13,15H,4-8H2,1-3H3;1-5,8H,6H2;2H,3H2,1H3. The van der Waals surface area contributed by atoms with Crippen molar-refractivity contribution in [2.45, 2.75) is 57.4 Å². The van der Waals surface area contributed by atoms with Gasteiger partial charge in [0.05, 0.1) is 13.7 Å². The van der Waals surface area contributed by atoms with Crippen molar-refractivity contribution in [3.05, 3.63) is 35.9 Å². The number of aliphatic hydroxyl groups is 1. The molecule has 33 heavy (non-hydrogen) atoms. The molecule has 1 rings (SSSR count). The monoisotopic (exact) mass is 487 g/mol. The molecule has 0 aliphatic rings. The molecule has 0 bridgehead atoms. The fraction of sp³-hybridized carbons (Fsp3) is 0.565. The van der Waals surface area contributed by atoms with Crippen LogP contribution in [0.2, 0.25) is 0 Å². The maximum atomic E-state index is 11.0. The van der Waals surface area contributed by atoms with E-state index in [0.717, 1.165) is 18.6 Å². The molecule has 10 heteroatoms. The number of aliphatic hydroxyl groups excluding tert-OH is 1. The van der Waals surface area contributed by atoms with Crippen molar-refractivity contribution in [3.63, 3.8) is 0 Å². The van der Waals surface area contributed by atoms with Crippen molar-refractivity contribution in [1.82, 2.24) is 5.32 Å². The van der Waals surface area contributed by atoms with Gasteiger partial charge < -0.3 is 24.6 Å². The van der Waals surface area contributed by atoms with E-state index >= 15 is 0 Å². The van der Waals surface area contributed by atoms with Gasteiger partial charge in [-0.1, -0.05) is 30.3 Å². The van der Waals surface area contributed by atoms with Gasteiger partial charge in [-0.2, -0.15) is 12.6 Å². The number of ether oxygens (including phenoxy) is 3. The summed E-state index contributed by atoms with van der Waals surface area (Å²) in [5.41, 5.74) is 1.27. The van der Waals surface area contributed by atoms with Crippen LogP contribution >= 0.6 is 12.6 Å². The summed E-state index contributed by atoms with van der Waals surface area (Å²) >= 11 is 4.11. The number of hydrogen-bond donors (Lipinski definition) is 3. The third-order valence-electron chi connectivity index (χ3n) is 4.05. The lowest BCUT2D eigenvalue weighted by molar-refractivity contribution is -0.150. The minimum absolute atomic E-state index is 0.130. The Morgan fingerprint density at radius 2 is 1.67 bits per heavy atom. The molecule has 0 saturated heterocycles. The molecule has 2 atom stereocenters. The van der Waals surface area contributed by atoms with Gasteiger partial charge in [0.25, 0.3) is 0 Å². The Balaban J connectivity index is 0. The van der Waals surface area contributed by atoms with Crippen LogP contribution in [-0.4, -0.2) is 68.8 Å². The van der Waals surface area contributed by atoms with E-state index in [1.54, 1.807) is 0 Å². The number of aldehydes is 1. The summed E-state index contributed by atoms with van der Waals surface area (Å²) in [6, 6.07) is 10.4. The molecule has 2 N–H and O–H groups in total. The number of methoxy groups -OCH3 is 1. The first-order chi connectivity index (χ1) is 15.7. The average molecular weight is 488 g/mol. The Morgan fingerprint density at radius 1 is 1.06 bits per heavy atom. The topological polar surface area (TPSA) is 128 Å². The van der Waals surface area contributed by atoms with E-state index in [1.165, 1.54) is 26.5 Å². The van der Waals surface area contributed by atoms with Gasteiger partial charge in [0.2, 0.25) is 0 Å². The van der Waals surface area contributed by atoms with Crippen LogP contribution in [0.3, 0.4) is 0 Å². The highest BCUT2D eigenvalue weighted by molar-refractivity contribution is 7.79. The summed E-state index contributed by atoms with van der Waals surface area (Å²) in [5, 5.41) is 12.5. The normalized spacial score (nSPS) is 11.3.